The molecular weight excluding hydrogens is 322 g/mol. The monoisotopic (exact) mass is 359 g/mol. The first-order valence-corrected chi connectivity index (χ1v) is 9.44. The Labute approximate surface area is 152 Å². The molecule has 1 saturated heterocycles. The Bertz CT molecular complexity index is 436. The van der Waals surface area contributed by atoms with E-state index < -0.39 is 30.1 Å². The molecule has 5 atom stereocenters. The second kappa shape index (κ2) is 8.80. The van der Waals surface area contributed by atoms with E-state index in [9.17, 15) is 15.0 Å². The van der Waals surface area contributed by atoms with Gasteiger partial charge in [0.05, 0.1) is 24.4 Å². The average Bonchev–Trinajstić information content (AvgIpc) is 2.56. The second-order valence-electron chi connectivity index (χ2n) is 8.06. The van der Waals surface area contributed by atoms with Gasteiger partial charge in [0.2, 0.25) is 5.91 Å². The van der Waals surface area contributed by atoms with E-state index in [0.717, 1.165) is 19.3 Å². The number of hydrogen-bond acceptors (Lipinski definition) is 5. The van der Waals surface area contributed by atoms with Crippen LogP contribution in [-0.2, 0) is 14.3 Å². The van der Waals surface area contributed by atoms with E-state index >= 15 is 0 Å². The van der Waals surface area contributed by atoms with Crippen LogP contribution in [0.15, 0.2) is 0 Å². The maximum absolute atomic E-state index is 11.7. The number of hydrogen-bond donors (Lipinski definition) is 3. The molecule has 1 fully saturated rings. The van der Waals surface area contributed by atoms with Gasteiger partial charge in [-0.1, -0.05) is 40.5 Å². The van der Waals surface area contributed by atoms with Gasteiger partial charge in [0.15, 0.2) is 6.29 Å². The molecule has 0 aliphatic carbocycles. The molecule has 0 aromatic rings. The van der Waals surface area contributed by atoms with Gasteiger partial charge in [-0.15, -0.1) is 0 Å². The summed E-state index contributed by atoms with van der Waals surface area (Å²) < 4.78 is 12.1. The number of ether oxygens (including phenoxy) is 2. The highest BCUT2D eigenvalue weighted by molar-refractivity contribution is 5.73. The van der Waals surface area contributed by atoms with Gasteiger partial charge in [-0.3, -0.25) is 4.79 Å². The van der Waals surface area contributed by atoms with Crippen molar-refractivity contribution in [2.45, 2.75) is 97.9 Å². The summed E-state index contributed by atoms with van der Waals surface area (Å²) in [4.78, 5) is 11.7. The summed E-state index contributed by atoms with van der Waals surface area (Å²) in [6, 6.07) is -0.673. The molecule has 1 rings (SSSR count). The Kier molecular flexibility index (Phi) is 7.87. The quantitative estimate of drug-likeness (QED) is 0.618. The van der Waals surface area contributed by atoms with Crippen LogP contribution in [0, 0.1) is 11.3 Å². The molecule has 1 amide bonds. The van der Waals surface area contributed by atoms with Crippen LogP contribution in [0.2, 0.25) is 0 Å². The van der Waals surface area contributed by atoms with E-state index in [1.54, 1.807) is 0 Å². The summed E-state index contributed by atoms with van der Waals surface area (Å²) in [5.74, 6) is -0.541. The topological polar surface area (TPSA) is 88.0 Å². The minimum atomic E-state index is -0.864. The molecule has 1 aliphatic rings. The van der Waals surface area contributed by atoms with Crippen molar-refractivity contribution in [2.75, 3.05) is 6.61 Å². The first-order valence-electron chi connectivity index (χ1n) is 9.44. The van der Waals surface area contributed by atoms with Crippen LogP contribution >= 0.6 is 0 Å². The van der Waals surface area contributed by atoms with Crippen molar-refractivity contribution in [3.05, 3.63) is 0 Å². The molecule has 3 N–H and O–H groups in total. The van der Waals surface area contributed by atoms with Gasteiger partial charge in [-0.2, -0.15) is 0 Å². The first kappa shape index (κ1) is 22.4. The minimum absolute atomic E-state index is 0.198. The van der Waals surface area contributed by atoms with Crippen LogP contribution in [0.3, 0.4) is 0 Å². The summed E-state index contributed by atoms with van der Waals surface area (Å²) in [5, 5.41) is 23.8. The number of amides is 1. The summed E-state index contributed by atoms with van der Waals surface area (Å²) in [6.45, 7) is 13.3. The maximum atomic E-state index is 11.7. The maximum Gasteiger partial charge on any atom is 0.217 e. The molecule has 5 unspecified atom stereocenters. The largest absolute Gasteiger partial charge is 0.394 e. The lowest BCUT2D eigenvalue weighted by Crippen LogP contribution is -2.66. The SMILES string of the molecule is CCC(C)(C)OC1OC(CO)C(C(C)(CC)CC)C(O)C1NC(C)=O. The fourth-order valence-corrected chi connectivity index (χ4v) is 3.57. The fraction of sp³-hybridized carbons (Fsp3) is 0.947. The van der Waals surface area contributed by atoms with Gasteiger partial charge >= 0.3 is 0 Å². The summed E-state index contributed by atoms with van der Waals surface area (Å²) in [5.41, 5.74) is -0.679. The van der Waals surface area contributed by atoms with Crippen molar-refractivity contribution < 1.29 is 24.5 Å². The van der Waals surface area contributed by atoms with Crippen LogP contribution in [0.25, 0.3) is 0 Å². The van der Waals surface area contributed by atoms with Gasteiger partial charge < -0.3 is 25.0 Å². The Morgan fingerprint density at radius 1 is 1.16 bits per heavy atom. The van der Waals surface area contributed by atoms with Crippen LogP contribution in [-0.4, -0.2) is 52.9 Å². The molecule has 0 aromatic carbocycles. The van der Waals surface area contributed by atoms with E-state index in [2.05, 4.69) is 26.1 Å². The zero-order valence-electron chi connectivity index (χ0n) is 16.8. The number of rotatable bonds is 8. The summed E-state index contributed by atoms with van der Waals surface area (Å²) in [6.07, 6.45) is 0.221. The fourth-order valence-electron chi connectivity index (χ4n) is 3.57. The van der Waals surface area contributed by atoms with E-state index in [-0.39, 0.29) is 23.8 Å². The normalized spacial score (nSPS) is 31.0. The Morgan fingerprint density at radius 2 is 1.72 bits per heavy atom. The van der Waals surface area contributed by atoms with Gasteiger partial charge in [0.25, 0.3) is 0 Å². The smallest absolute Gasteiger partial charge is 0.217 e. The van der Waals surface area contributed by atoms with Crippen molar-refractivity contribution in [2.24, 2.45) is 11.3 Å². The van der Waals surface area contributed by atoms with E-state index in [4.69, 9.17) is 9.47 Å². The minimum Gasteiger partial charge on any atom is -0.394 e. The number of aliphatic hydroxyl groups is 2. The summed E-state index contributed by atoms with van der Waals surface area (Å²) >= 11 is 0. The van der Waals surface area contributed by atoms with Crippen molar-refractivity contribution in [1.29, 1.82) is 0 Å². The van der Waals surface area contributed by atoms with Crippen molar-refractivity contribution >= 4 is 5.91 Å². The van der Waals surface area contributed by atoms with Crippen LogP contribution < -0.4 is 5.32 Å². The lowest BCUT2D eigenvalue weighted by molar-refractivity contribution is -0.298. The van der Waals surface area contributed by atoms with Gasteiger partial charge in [-0.25, -0.2) is 0 Å². The average molecular weight is 360 g/mol. The zero-order chi connectivity index (χ0) is 19.4. The van der Waals surface area contributed by atoms with E-state index in [0.29, 0.717) is 0 Å². The molecule has 0 spiro atoms. The third kappa shape index (κ3) is 5.16. The molecule has 6 nitrogen and oxygen atoms in total. The third-order valence-electron chi connectivity index (χ3n) is 6.00. The number of carbonyl (C=O) groups excluding carboxylic acids is 1. The molecule has 25 heavy (non-hydrogen) atoms. The van der Waals surface area contributed by atoms with Gasteiger partial charge in [0.1, 0.15) is 6.04 Å². The second-order valence-corrected chi connectivity index (χ2v) is 8.06. The van der Waals surface area contributed by atoms with Gasteiger partial charge in [-0.05, 0) is 25.7 Å². The molecule has 0 radical (unpaired) electrons. The predicted molar refractivity (Wildman–Crippen MR) is 97.0 cm³/mol. The van der Waals surface area contributed by atoms with Gasteiger partial charge in [0, 0.05) is 12.8 Å². The number of carbonyl (C=O) groups is 1. The van der Waals surface area contributed by atoms with Crippen LogP contribution in [0.4, 0.5) is 0 Å². The predicted octanol–water partition coefficient (Wildman–Crippen LogP) is 2.22. The lowest BCUT2D eigenvalue weighted by atomic mass is 9.65. The van der Waals surface area contributed by atoms with E-state index in [1.165, 1.54) is 6.92 Å². The van der Waals surface area contributed by atoms with Crippen molar-refractivity contribution in [1.82, 2.24) is 5.32 Å². The van der Waals surface area contributed by atoms with Crippen LogP contribution in [0.5, 0.6) is 0 Å². The Hall–Kier alpha value is -0.690. The molecule has 6 heteroatoms. The molecule has 1 aliphatic heterocycles. The third-order valence-corrected chi connectivity index (χ3v) is 6.00. The molecule has 0 saturated carbocycles. The summed E-state index contributed by atoms with van der Waals surface area (Å²) in [7, 11) is 0. The number of aliphatic hydroxyl groups excluding tert-OH is 2. The Balaban J connectivity index is 3.22. The molecular formula is C19H37NO5. The van der Waals surface area contributed by atoms with Crippen molar-refractivity contribution in [3.8, 4) is 0 Å². The molecule has 148 valence electrons. The molecule has 0 bridgehead atoms. The standard InChI is InChI=1S/C19H37NO5/c1-8-18(5,6)25-17-15(20-12(4)22)16(23)14(13(11-21)24-17)19(7,9-2)10-3/h13-17,21,23H,8-11H2,1-7H3,(H,20,22). The highest BCUT2D eigenvalue weighted by atomic mass is 16.7. The number of nitrogens with one attached hydrogen (secondary N) is 1. The Morgan fingerprint density at radius 3 is 2.12 bits per heavy atom. The first-order chi connectivity index (χ1) is 11.5. The van der Waals surface area contributed by atoms with Crippen molar-refractivity contribution in [3.63, 3.8) is 0 Å². The zero-order valence-corrected chi connectivity index (χ0v) is 16.8. The highest BCUT2D eigenvalue weighted by Gasteiger charge is 2.52. The lowest BCUT2D eigenvalue weighted by Gasteiger charge is -2.52. The van der Waals surface area contributed by atoms with E-state index in [1.807, 2.05) is 20.8 Å². The van der Waals surface area contributed by atoms with Crippen LogP contribution in [0.1, 0.15) is 67.7 Å². The molecule has 0 aromatic heterocycles. The molecule has 1 heterocycles. The highest BCUT2D eigenvalue weighted by Crippen LogP contribution is 2.44.